The summed E-state index contributed by atoms with van der Waals surface area (Å²) in [5.41, 5.74) is 2.67. The van der Waals surface area contributed by atoms with Gasteiger partial charge in [0.15, 0.2) is 5.82 Å². The van der Waals surface area contributed by atoms with Crippen LogP contribution in [0.25, 0.3) is 17.0 Å². The van der Waals surface area contributed by atoms with Crippen molar-refractivity contribution in [3.05, 3.63) is 58.6 Å². The molecule has 0 bridgehead atoms. The van der Waals surface area contributed by atoms with Crippen molar-refractivity contribution in [3.63, 3.8) is 0 Å². The quantitative estimate of drug-likeness (QED) is 0.451. The lowest BCUT2D eigenvalue weighted by molar-refractivity contribution is 0.628. The molecule has 0 radical (unpaired) electrons. The van der Waals surface area contributed by atoms with Crippen LogP contribution >= 0.6 is 27.5 Å². The minimum atomic E-state index is -0.273. The molecule has 0 aliphatic heterocycles. The van der Waals surface area contributed by atoms with Crippen LogP contribution in [0.1, 0.15) is 12.6 Å². The van der Waals surface area contributed by atoms with Crippen molar-refractivity contribution in [1.29, 1.82) is 0 Å². The lowest BCUT2D eigenvalue weighted by atomic mass is 10.2. The third kappa shape index (κ3) is 2.99. The summed E-state index contributed by atoms with van der Waals surface area (Å²) in [4.78, 5) is 11.3. The molecule has 1 aromatic carbocycles. The number of benzene rings is 1. The molecule has 26 heavy (non-hydrogen) atoms. The van der Waals surface area contributed by atoms with Crippen LogP contribution in [0.2, 0.25) is 0 Å². The molecule has 0 saturated carbocycles. The maximum atomic E-state index is 13.1. The molecule has 0 N–H and O–H groups in total. The van der Waals surface area contributed by atoms with E-state index in [1.54, 1.807) is 12.1 Å². The second-order valence-electron chi connectivity index (χ2n) is 5.78. The van der Waals surface area contributed by atoms with E-state index in [9.17, 15) is 4.39 Å². The van der Waals surface area contributed by atoms with Gasteiger partial charge in [0.2, 0.25) is 5.13 Å². The Hall–Kier alpha value is -2.32. The van der Waals surface area contributed by atoms with Crippen molar-refractivity contribution in [2.45, 2.75) is 13.3 Å². The van der Waals surface area contributed by atoms with Crippen molar-refractivity contribution >= 4 is 44.1 Å². The monoisotopic (exact) mass is 431 g/mol. The largest absolute Gasteiger partial charge is 0.304 e. The zero-order valence-corrected chi connectivity index (χ0v) is 16.6. The summed E-state index contributed by atoms with van der Waals surface area (Å²) in [6, 6.07) is 10.1. The molecular formula is C18H15BrFN5S. The number of aryl methyl sites for hydroxylation is 1. The summed E-state index contributed by atoms with van der Waals surface area (Å²) in [5, 5.41) is 0.751. The molecule has 8 heteroatoms. The summed E-state index contributed by atoms with van der Waals surface area (Å²) in [5.74, 6) is 1.28. The van der Waals surface area contributed by atoms with Crippen molar-refractivity contribution in [1.82, 2.24) is 18.7 Å². The lowest BCUT2D eigenvalue weighted by Crippen LogP contribution is -2.13. The number of imidazole rings is 1. The van der Waals surface area contributed by atoms with Crippen LogP contribution in [0.15, 0.2) is 47.1 Å². The van der Waals surface area contributed by atoms with E-state index in [1.807, 2.05) is 34.7 Å². The Kier molecular flexibility index (Phi) is 4.46. The molecule has 4 rings (SSSR count). The third-order valence-corrected chi connectivity index (χ3v) is 5.35. The Morgan fingerprint density at radius 1 is 1.15 bits per heavy atom. The number of hydrogen-bond donors (Lipinski definition) is 0. The topological polar surface area (TPSA) is 46.3 Å². The molecule has 3 aromatic heterocycles. The summed E-state index contributed by atoms with van der Waals surface area (Å²) in [6.07, 6.45) is 2.80. The zero-order chi connectivity index (χ0) is 18.3. The zero-order valence-electron chi connectivity index (χ0n) is 14.1. The number of halogens is 2. The minimum Gasteiger partial charge on any atom is -0.304 e. The molecule has 0 fully saturated rings. The van der Waals surface area contributed by atoms with E-state index in [0.717, 1.165) is 38.7 Å². The highest BCUT2D eigenvalue weighted by molar-refractivity contribution is 9.10. The van der Waals surface area contributed by atoms with Crippen LogP contribution in [0.5, 0.6) is 0 Å². The fraction of sp³-hybridized carbons (Fsp3) is 0.167. The molecule has 0 amide bonds. The summed E-state index contributed by atoms with van der Waals surface area (Å²) in [7, 11) is 1.96. The van der Waals surface area contributed by atoms with Crippen molar-refractivity contribution < 1.29 is 4.39 Å². The van der Waals surface area contributed by atoms with Gasteiger partial charge in [-0.25, -0.2) is 9.37 Å². The van der Waals surface area contributed by atoms with Crippen LogP contribution in [-0.4, -0.2) is 25.8 Å². The van der Waals surface area contributed by atoms with Gasteiger partial charge in [0.25, 0.3) is 0 Å². The molecule has 4 aromatic rings. The number of anilines is 2. The highest BCUT2D eigenvalue weighted by atomic mass is 79.9. The third-order valence-electron chi connectivity index (χ3n) is 4.08. The van der Waals surface area contributed by atoms with E-state index in [1.165, 1.54) is 23.7 Å². The number of hydrogen-bond acceptors (Lipinski definition) is 5. The fourth-order valence-electron chi connectivity index (χ4n) is 2.81. The SMILES string of the molecule is CCc1nc2ccc(Br)cn2c1N(C)c1nc(-c2ccc(F)cc2)ns1. The smallest absolute Gasteiger partial charge is 0.210 e. The van der Waals surface area contributed by atoms with Gasteiger partial charge in [0.1, 0.15) is 17.3 Å². The van der Waals surface area contributed by atoms with Gasteiger partial charge in [0, 0.05) is 34.8 Å². The molecule has 0 unspecified atom stereocenters. The summed E-state index contributed by atoms with van der Waals surface area (Å²) >= 11 is 4.83. The van der Waals surface area contributed by atoms with Gasteiger partial charge < -0.3 is 4.90 Å². The fourth-order valence-corrected chi connectivity index (χ4v) is 3.79. The van der Waals surface area contributed by atoms with Crippen LogP contribution in [-0.2, 0) is 6.42 Å². The minimum absolute atomic E-state index is 0.273. The molecule has 132 valence electrons. The van der Waals surface area contributed by atoms with E-state index in [2.05, 4.69) is 32.2 Å². The van der Waals surface area contributed by atoms with Gasteiger partial charge >= 0.3 is 0 Å². The second kappa shape index (κ2) is 6.77. The highest BCUT2D eigenvalue weighted by Gasteiger charge is 2.19. The Labute approximate surface area is 162 Å². The molecule has 0 atom stereocenters. The predicted octanol–water partition coefficient (Wildman–Crippen LogP) is 5.08. The summed E-state index contributed by atoms with van der Waals surface area (Å²) in [6.45, 7) is 2.08. The van der Waals surface area contributed by atoms with E-state index in [-0.39, 0.29) is 5.82 Å². The first-order chi connectivity index (χ1) is 12.6. The standard InChI is InChI=1S/C18H15BrFN5S/c1-3-14-17(25-10-12(19)6-9-15(25)21-14)24(2)18-22-16(23-26-18)11-4-7-13(20)8-5-11/h4-10H,3H2,1-2H3. The van der Waals surface area contributed by atoms with E-state index >= 15 is 0 Å². The van der Waals surface area contributed by atoms with E-state index in [4.69, 9.17) is 4.98 Å². The number of rotatable bonds is 4. The molecule has 5 nitrogen and oxygen atoms in total. The van der Waals surface area contributed by atoms with E-state index < -0.39 is 0 Å². The Balaban J connectivity index is 1.76. The molecule has 3 heterocycles. The second-order valence-corrected chi connectivity index (χ2v) is 7.42. The Morgan fingerprint density at radius 2 is 1.92 bits per heavy atom. The van der Waals surface area contributed by atoms with Crippen LogP contribution in [0.3, 0.4) is 0 Å². The lowest BCUT2D eigenvalue weighted by Gasteiger charge is -2.16. The van der Waals surface area contributed by atoms with Crippen molar-refractivity contribution in [2.75, 3.05) is 11.9 Å². The van der Waals surface area contributed by atoms with Gasteiger partial charge in [-0.1, -0.05) is 6.92 Å². The molecule has 0 aliphatic carbocycles. The molecule has 0 spiro atoms. The number of nitrogens with zero attached hydrogens (tertiary/aromatic N) is 5. The predicted molar refractivity (Wildman–Crippen MR) is 106 cm³/mol. The van der Waals surface area contributed by atoms with Crippen LogP contribution in [0.4, 0.5) is 15.3 Å². The van der Waals surface area contributed by atoms with Crippen LogP contribution in [0, 0.1) is 5.82 Å². The normalized spacial score (nSPS) is 11.2. The first-order valence-corrected chi connectivity index (χ1v) is 9.63. The first kappa shape index (κ1) is 17.1. The van der Waals surface area contributed by atoms with E-state index in [0.29, 0.717) is 5.82 Å². The number of pyridine rings is 1. The Bertz CT molecular complexity index is 1070. The van der Waals surface area contributed by atoms with Gasteiger partial charge in [-0.3, -0.25) is 4.40 Å². The van der Waals surface area contributed by atoms with Crippen LogP contribution < -0.4 is 4.90 Å². The van der Waals surface area contributed by atoms with Crippen molar-refractivity contribution in [2.24, 2.45) is 0 Å². The maximum absolute atomic E-state index is 13.1. The van der Waals surface area contributed by atoms with Gasteiger partial charge in [-0.05, 0) is 58.7 Å². The van der Waals surface area contributed by atoms with Crippen molar-refractivity contribution in [3.8, 4) is 11.4 Å². The average molecular weight is 432 g/mol. The van der Waals surface area contributed by atoms with Gasteiger partial charge in [-0.15, -0.1) is 0 Å². The highest BCUT2D eigenvalue weighted by Crippen LogP contribution is 2.32. The first-order valence-electron chi connectivity index (χ1n) is 8.06. The number of aromatic nitrogens is 4. The molecule has 0 saturated heterocycles. The number of fused-ring (bicyclic) bond motifs is 1. The van der Waals surface area contributed by atoms with Gasteiger partial charge in [0.05, 0.1) is 5.69 Å². The molecule has 0 aliphatic rings. The van der Waals surface area contributed by atoms with Gasteiger partial charge in [-0.2, -0.15) is 9.36 Å². The average Bonchev–Trinajstić information content (AvgIpc) is 3.26. The Morgan fingerprint density at radius 3 is 2.65 bits per heavy atom. The molecular weight excluding hydrogens is 417 g/mol. The summed E-state index contributed by atoms with van der Waals surface area (Å²) < 4.78 is 20.6. The maximum Gasteiger partial charge on any atom is 0.210 e.